The van der Waals surface area contributed by atoms with Crippen molar-refractivity contribution < 1.29 is 14.3 Å². The van der Waals surface area contributed by atoms with Crippen LogP contribution in [0.1, 0.15) is 52.9 Å². The van der Waals surface area contributed by atoms with Crippen LogP contribution in [0.3, 0.4) is 0 Å². The summed E-state index contributed by atoms with van der Waals surface area (Å²) in [5.74, 6) is -0.140. The Morgan fingerprint density at radius 3 is 2.67 bits per heavy atom. The van der Waals surface area contributed by atoms with E-state index in [0.717, 1.165) is 25.7 Å². The first-order valence-electron chi connectivity index (χ1n) is 5.97. The van der Waals surface area contributed by atoms with Crippen molar-refractivity contribution in [3.05, 3.63) is 0 Å². The second kappa shape index (κ2) is 3.48. The molecule has 0 bridgehead atoms. The van der Waals surface area contributed by atoms with Gasteiger partial charge in [0.05, 0.1) is 6.10 Å². The number of carbonyl (C=O) groups is 1. The second-order valence-corrected chi connectivity index (χ2v) is 4.94. The standard InChI is InChI=1S/C12H20O3/c1-4-11-7-5-6-8-12(11,15-11)10(13)14-9(2)3/h9H,4-8H2,1-3H3. The van der Waals surface area contributed by atoms with Gasteiger partial charge in [0, 0.05) is 0 Å². The highest BCUT2D eigenvalue weighted by molar-refractivity contribution is 5.85. The Balaban J connectivity index is 2.10. The SMILES string of the molecule is CCC12CCCCC1(C(=O)OC(C)C)O2. The van der Waals surface area contributed by atoms with Crippen LogP contribution in [0, 0.1) is 0 Å². The summed E-state index contributed by atoms with van der Waals surface area (Å²) in [5.41, 5.74) is -0.762. The Labute approximate surface area is 91.1 Å². The third kappa shape index (κ3) is 1.48. The fourth-order valence-electron chi connectivity index (χ4n) is 2.80. The number of epoxide rings is 1. The number of carbonyl (C=O) groups excluding carboxylic acids is 1. The number of rotatable bonds is 3. The Kier molecular flexibility index (Phi) is 2.53. The average Bonchev–Trinajstić information content (AvgIpc) is 2.88. The minimum Gasteiger partial charge on any atom is -0.461 e. The molecule has 2 rings (SSSR count). The molecule has 1 saturated heterocycles. The number of hydrogen-bond acceptors (Lipinski definition) is 3. The molecule has 0 spiro atoms. The Morgan fingerprint density at radius 1 is 1.40 bits per heavy atom. The van der Waals surface area contributed by atoms with E-state index in [9.17, 15) is 4.79 Å². The lowest BCUT2D eigenvalue weighted by Crippen LogP contribution is -2.39. The van der Waals surface area contributed by atoms with E-state index in [1.54, 1.807) is 0 Å². The molecule has 1 aliphatic heterocycles. The molecule has 1 heterocycles. The minimum atomic E-state index is -0.579. The highest BCUT2D eigenvalue weighted by Crippen LogP contribution is 2.60. The molecular weight excluding hydrogens is 192 g/mol. The van der Waals surface area contributed by atoms with Gasteiger partial charge in [0.2, 0.25) is 0 Å². The summed E-state index contributed by atoms with van der Waals surface area (Å²) in [6.07, 6.45) is 4.97. The van der Waals surface area contributed by atoms with Crippen LogP contribution in [0.25, 0.3) is 0 Å². The van der Waals surface area contributed by atoms with Crippen molar-refractivity contribution in [3.63, 3.8) is 0 Å². The van der Waals surface area contributed by atoms with Gasteiger partial charge in [0.15, 0.2) is 5.60 Å². The molecule has 86 valence electrons. The van der Waals surface area contributed by atoms with Crippen molar-refractivity contribution in [1.29, 1.82) is 0 Å². The number of fused-ring (bicyclic) bond motifs is 1. The van der Waals surface area contributed by atoms with Gasteiger partial charge in [-0.25, -0.2) is 4.79 Å². The lowest BCUT2D eigenvalue weighted by Gasteiger charge is -2.23. The van der Waals surface area contributed by atoms with Crippen molar-refractivity contribution in [1.82, 2.24) is 0 Å². The Morgan fingerprint density at radius 2 is 2.07 bits per heavy atom. The maximum atomic E-state index is 12.0. The molecule has 1 saturated carbocycles. The van der Waals surface area contributed by atoms with E-state index >= 15 is 0 Å². The largest absolute Gasteiger partial charge is 0.461 e. The van der Waals surface area contributed by atoms with Gasteiger partial charge in [-0.05, 0) is 39.5 Å². The van der Waals surface area contributed by atoms with Gasteiger partial charge < -0.3 is 9.47 Å². The van der Waals surface area contributed by atoms with Gasteiger partial charge in [-0.2, -0.15) is 0 Å². The van der Waals surface area contributed by atoms with Gasteiger partial charge in [-0.3, -0.25) is 0 Å². The van der Waals surface area contributed by atoms with E-state index in [0.29, 0.717) is 0 Å². The van der Waals surface area contributed by atoms with E-state index in [1.807, 2.05) is 13.8 Å². The lowest BCUT2D eigenvalue weighted by molar-refractivity contribution is -0.154. The number of esters is 1. The van der Waals surface area contributed by atoms with Crippen molar-refractivity contribution in [3.8, 4) is 0 Å². The van der Waals surface area contributed by atoms with Crippen molar-refractivity contribution >= 4 is 5.97 Å². The third-order valence-electron chi connectivity index (χ3n) is 3.67. The van der Waals surface area contributed by atoms with Crippen LogP contribution in [-0.4, -0.2) is 23.3 Å². The summed E-state index contributed by atoms with van der Waals surface area (Å²) in [4.78, 5) is 12.0. The van der Waals surface area contributed by atoms with Crippen LogP contribution in [0.2, 0.25) is 0 Å². The zero-order valence-electron chi connectivity index (χ0n) is 9.84. The number of ether oxygens (including phenoxy) is 2. The molecule has 2 aliphatic rings. The first kappa shape index (κ1) is 10.9. The van der Waals surface area contributed by atoms with E-state index < -0.39 is 5.60 Å². The molecule has 2 fully saturated rings. The molecule has 3 nitrogen and oxygen atoms in total. The van der Waals surface area contributed by atoms with Gasteiger partial charge in [0.1, 0.15) is 5.60 Å². The first-order valence-corrected chi connectivity index (χ1v) is 5.97. The second-order valence-electron chi connectivity index (χ2n) is 4.94. The van der Waals surface area contributed by atoms with Gasteiger partial charge in [0.25, 0.3) is 0 Å². The molecule has 0 N–H and O–H groups in total. The zero-order valence-corrected chi connectivity index (χ0v) is 9.84. The smallest absolute Gasteiger partial charge is 0.341 e. The van der Waals surface area contributed by atoms with Crippen LogP contribution in [0.5, 0.6) is 0 Å². The maximum Gasteiger partial charge on any atom is 0.341 e. The molecule has 15 heavy (non-hydrogen) atoms. The maximum absolute atomic E-state index is 12.0. The van der Waals surface area contributed by atoms with Crippen molar-refractivity contribution in [2.75, 3.05) is 0 Å². The fourth-order valence-corrected chi connectivity index (χ4v) is 2.80. The average molecular weight is 212 g/mol. The number of hydrogen-bond donors (Lipinski definition) is 0. The summed E-state index contributed by atoms with van der Waals surface area (Å²) >= 11 is 0. The lowest BCUT2D eigenvalue weighted by atomic mass is 9.78. The summed E-state index contributed by atoms with van der Waals surface area (Å²) in [7, 11) is 0. The van der Waals surface area contributed by atoms with Gasteiger partial charge >= 0.3 is 5.97 Å². The summed E-state index contributed by atoms with van der Waals surface area (Å²) in [6.45, 7) is 5.86. The summed E-state index contributed by atoms with van der Waals surface area (Å²) in [5, 5.41) is 0. The normalized spacial score (nSPS) is 38.7. The van der Waals surface area contributed by atoms with Gasteiger partial charge in [-0.15, -0.1) is 0 Å². The van der Waals surface area contributed by atoms with Crippen molar-refractivity contribution in [2.45, 2.75) is 70.2 Å². The third-order valence-corrected chi connectivity index (χ3v) is 3.67. The molecule has 0 radical (unpaired) electrons. The topological polar surface area (TPSA) is 38.8 Å². The first-order chi connectivity index (χ1) is 7.06. The van der Waals surface area contributed by atoms with E-state index in [4.69, 9.17) is 9.47 Å². The summed E-state index contributed by atoms with van der Waals surface area (Å²) < 4.78 is 11.1. The van der Waals surface area contributed by atoms with Crippen LogP contribution >= 0.6 is 0 Å². The zero-order chi connectivity index (χ0) is 11.1. The highest BCUT2D eigenvalue weighted by atomic mass is 16.7. The predicted octanol–water partition coefficient (Wildman–Crippen LogP) is 2.43. The molecule has 1 aliphatic carbocycles. The van der Waals surface area contributed by atoms with E-state index in [-0.39, 0.29) is 17.7 Å². The van der Waals surface area contributed by atoms with Crippen LogP contribution < -0.4 is 0 Å². The Hall–Kier alpha value is -0.570. The summed E-state index contributed by atoms with van der Waals surface area (Å²) in [6, 6.07) is 0. The molecule has 0 aromatic heterocycles. The minimum absolute atomic E-state index is 0.0486. The van der Waals surface area contributed by atoms with Crippen LogP contribution in [0.4, 0.5) is 0 Å². The molecule has 0 amide bonds. The van der Waals surface area contributed by atoms with Crippen LogP contribution in [-0.2, 0) is 14.3 Å². The quantitative estimate of drug-likeness (QED) is 0.532. The fraction of sp³-hybridized carbons (Fsp3) is 0.917. The predicted molar refractivity (Wildman–Crippen MR) is 56.5 cm³/mol. The van der Waals surface area contributed by atoms with Crippen molar-refractivity contribution in [2.24, 2.45) is 0 Å². The van der Waals surface area contributed by atoms with E-state index in [2.05, 4.69) is 6.92 Å². The molecule has 0 aromatic rings. The molecule has 2 unspecified atom stereocenters. The molecule has 2 atom stereocenters. The molecular formula is C12H20O3. The van der Waals surface area contributed by atoms with Crippen LogP contribution in [0.15, 0.2) is 0 Å². The molecule has 0 aromatic carbocycles. The van der Waals surface area contributed by atoms with E-state index in [1.165, 1.54) is 6.42 Å². The Bertz CT molecular complexity index is 274. The monoisotopic (exact) mass is 212 g/mol. The molecule has 3 heteroatoms. The van der Waals surface area contributed by atoms with Gasteiger partial charge in [-0.1, -0.05) is 13.3 Å². The highest BCUT2D eigenvalue weighted by Gasteiger charge is 2.74.